The maximum atomic E-state index is 12.4. The van der Waals surface area contributed by atoms with Crippen molar-refractivity contribution in [1.82, 2.24) is 0 Å². The third-order valence-electron chi connectivity index (χ3n) is 3.46. The van der Waals surface area contributed by atoms with Gasteiger partial charge < -0.3 is 10.6 Å². The number of aldehydes is 1. The van der Waals surface area contributed by atoms with E-state index >= 15 is 0 Å². The maximum absolute atomic E-state index is 12.4. The number of rotatable bonds is 6. The molecule has 0 saturated carbocycles. The van der Waals surface area contributed by atoms with Gasteiger partial charge in [0.2, 0.25) is 11.7 Å². The largest absolute Gasteiger partial charge is 0.326 e. The lowest BCUT2D eigenvalue weighted by molar-refractivity contribution is -0.118. The number of Topliss-reactive ketones (excluding diaryl/α,β-unsaturated/α-hetero) is 1. The lowest BCUT2D eigenvalue weighted by Crippen LogP contribution is -2.19. The summed E-state index contributed by atoms with van der Waals surface area (Å²) in [6, 6.07) is 12.7. The summed E-state index contributed by atoms with van der Waals surface area (Å²) in [5, 5.41) is 5.33. The van der Waals surface area contributed by atoms with Gasteiger partial charge in [-0.05, 0) is 30.3 Å². The van der Waals surface area contributed by atoms with Gasteiger partial charge in [-0.15, -0.1) is 0 Å². The number of anilines is 2. The van der Waals surface area contributed by atoms with Gasteiger partial charge in [0.05, 0.1) is 5.69 Å². The molecule has 0 unspecified atom stereocenters. The van der Waals surface area contributed by atoms with E-state index in [0.29, 0.717) is 11.3 Å². The van der Waals surface area contributed by atoms with E-state index in [4.69, 9.17) is 0 Å². The average Bonchev–Trinajstić information content (AvgIpc) is 2.61. The lowest BCUT2D eigenvalue weighted by atomic mass is 10.1. The number of amides is 2. The highest BCUT2D eigenvalue weighted by Crippen LogP contribution is 2.18. The zero-order chi connectivity index (χ0) is 18.4. The van der Waals surface area contributed by atoms with Crippen LogP contribution in [0.2, 0.25) is 0 Å². The van der Waals surface area contributed by atoms with Crippen LogP contribution in [0.5, 0.6) is 0 Å². The number of ketones is 1. The Morgan fingerprint density at radius 1 is 0.960 bits per heavy atom. The first-order valence-electron chi connectivity index (χ1n) is 7.73. The second-order valence-corrected chi connectivity index (χ2v) is 5.71. The fourth-order valence-electron chi connectivity index (χ4n) is 2.09. The Hall–Kier alpha value is -3.28. The third kappa shape index (κ3) is 4.60. The van der Waals surface area contributed by atoms with E-state index in [-0.39, 0.29) is 29.4 Å². The Balaban J connectivity index is 2.21. The van der Waals surface area contributed by atoms with Gasteiger partial charge in [0.15, 0.2) is 6.29 Å². The molecule has 0 spiro atoms. The van der Waals surface area contributed by atoms with Crippen LogP contribution in [0.15, 0.2) is 48.5 Å². The van der Waals surface area contributed by atoms with E-state index in [0.717, 1.165) is 0 Å². The van der Waals surface area contributed by atoms with Crippen LogP contribution in [0.25, 0.3) is 0 Å². The molecular weight excluding hydrogens is 320 g/mol. The number of para-hydroxylation sites is 1. The van der Waals surface area contributed by atoms with Crippen LogP contribution in [-0.4, -0.2) is 23.9 Å². The number of hydrogen-bond donors (Lipinski definition) is 2. The van der Waals surface area contributed by atoms with E-state index in [1.807, 2.05) is 0 Å². The molecule has 0 fully saturated rings. The van der Waals surface area contributed by atoms with Gasteiger partial charge in [-0.2, -0.15) is 0 Å². The molecule has 0 radical (unpaired) electrons. The van der Waals surface area contributed by atoms with Crippen LogP contribution >= 0.6 is 0 Å². The topological polar surface area (TPSA) is 92.3 Å². The second-order valence-electron chi connectivity index (χ2n) is 5.71. The molecule has 2 rings (SSSR count). The predicted molar refractivity (Wildman–Crippen MR) is 94.7 cm³/mol. The SMILES string of the molecule is CC(C)C(=O)Nc1cccc(C(=O)Nc2ccccc2C(=O)C=O)c1. The normalized spacial score (nSPS) is 10.2. The van der Waals surface area contributed by atoms with E-state index in [2.05, 4.69) is 10.6 Å². The molecule has 2 aromatic rings. The molecule has 0 aromatic heterocycles. The Bertz CT molecular complexity index is 828. The summed E-state index contributed by atoms with van der Waals surface area (Å²) in [4.78, 5) is 46.5. The number of benzene rings is 2. The molecule has 0 atom stereocenters. The van der Waals surface area contributed by atoms with E-state index in [1.165, 1.54) is 6.07 Å². The molecule has 0 aliphatic carbocycles. The first-order chi connectivity index (χ1) is 11.9. The number of nitrogens with one attached hydrogen (secondary N) is 2. The summed E-state index contributed by atoms with van der Waals surface area (Å²) < 4.78 is 0. The Morgan fingerprint density at radius 3 is 2.36 bits per heavy atom. The molecule has 6 nitrogen and oxygen atoms in total. The van der Waals surface area contributed by atoms with Crippen molar-refractivity contribution in [1.29, 1.82) is 0 Å². The van der Waals surface area contributed by atoms with Crippen molar-refractivity contribution in [3.63, 3.8) is 0 Å². The fraction of sp³-hybridized carbons (Fsp3) is 0.158. The monoisotopic (exact) mass is 338 g/mol. The van der Waals surface area contributed by atoms with Crippen LogP contribution in [0.4, 0.5) is 11.4 Å². The van der Waals surface area contributed by atoms with Crippen molar-refractivity contribution in [3.05, 3.63) is 59.7 Å². The van der Waals surface area contributed by atoms with Crippen molar-refractivity contribution in [3.8, 4) is 0 Å². The highest BCUT2D eigenvalue weighted by molar-refractivity contribution is 6.35. The highest BCUT2D eigenvalue weighted by Gasteiger charge is 2.14. The van der Waals surface area contributed by atoms with Gasteiger partial charge in [0.25, 0.3) is 5.91 Å². The van der Waals surface area contributed by atoms with Crippen LogP contribution in [0.3, 0.4) is 0 Å². The Morgan fingerprint density at radius 2 is 1.68 bits per heavy atom. The molecule has 0 bridgehead atoms. The lowest BCUT2D eigenvalue weighted by Gasteiger charge is -2.11. The summed E-state index contributed by atoms with van der Waals surface area (Å²) in [6.07, 6.45) is 0.201. The van der Waals surface area contributed by atoms with Crippen molar-refractivity contribution in [2.24, 2.45) is 5.92 Å². The van der Waals surface area contributed by atoms with E-state index in [1.54, 1.807) is 56.3 Å². The van der Waals surface area contributed by atoms with Crippen molar-refractivity contribution in [2.45, 2.75) is 13.8 Å². The smallest absolute Gasteiger partial charge is 0.255 e. The molecule has 128 valence electrons. The van der Waals surface area contributed by atoms with Gasteiger partial charge in [-0.1, -0.05) is 32.0 Å². The highest BCUT2D eigenvalue weighted by atomic mass is 16.2. The molecule has 0 aliphatic rings. The van der Waals surface area contributed by atoms with Crippen molar-refractivity contribution >= 4 is 35.3 Å². The third-order valence-corrected chi connectivity index (χ3v) is 3.46. The number of hydrogen-bond acceptors (Lipinski definition) is 4. The zero-order valence-electron chi connectivity index (χ0n) is 13.9. The van der Waals surface area contributed by atoms with Crippen molar-refractivity contribution in [2.75, 3.05) is 10.6 Å². The molecule has 25 heavy (non-hydrogen) atoms. The predicted octanol–water partition coefficient (Wildman–Crippen LogP) is 2.92. The van der Waals surface area contributed by atoms with Crippen LogP contribution in [-0.2, 0) is 9.59 Å². The quantitative estimate of drug-likeness (QED) is 0.481. The van der Waals surface area contributed by atoms with Gasteiger partial charge in [0.1, 0.15) is 0 Å². The Labute approximate surface area is 145 Å². The molecule has 2 N–H and O–H groups in total. The molecule has 2 amide bonds. The summed E-state index contributed by atoms with van der Waals surface area (Å²) in [5.41, 5.74) is 1.19. The van der Waals surface area contributed by atoms with Crippen LogP contribution in [0.1, 0.15) is 34.6 Å². The minimum atomic E-state index is -0.714. The first kappa shape index (κ1) is 18.1. The van der Waals surface area contributed by atoms with Crippen molar-refractivity contribution < 1.29 is 19.2 Å². The summed E-state index contributed by atoms with van der Waals surface area (Å²) in [6.45, 7) is 3.54. The zero-order valence-corrected chi connectivity index (χ0v) is 13.9. The van der Waals surface area contributed by atoms with Gasteiger partial charge in [0, 0.05) is 22.7 Å². The number of carbonyl (C=O) groups is 4. The van der Waals surface area contributed by atoms with E-state index < -0.39 is 11.7 Å². The van der Waals surface area contributed by atoms with Gasteiger partial charge in [-0.3, -0.25) is 19.2 Å². The summed E-state index contributed by atoms with van der Waals surface area (Å²) in [7, 11) is 0. The minimum Gasteiger partial charge on any atom is -0.326 e. The molecule has 0 aliphatic heterocycles. The van der Waals surface area contributed by atoms with Crippen LogP contribution < -0.4 is 10.6 Å². The molecular formula is C19H18N2O4. The fourth-order valence-corrected chi connectivity index (χ4v) is 2.09. The van der Waals surface area contributed by atoms with Gasteiger partial charge in [-0.25, -0.2) is 0 Å². The summed E-state index contributed by atoms with van der Waals surface area (Å²) in [5.74, 6) is -1.50. The Kier molecular flexibility index (Phi) is 5.79. The van der Waals surface area contributed by atoms with Gasteiger partial charge >= 0.3 is 0 Å². The molecule has 6 heteroatoms. The molecule has 2 aromatic carbocycles. The van der Waals surface area contributed by atoms with E-state index in [9.17, 15) is 19.2 Å². The molecule has 0 heterocycles. The minimum absolute atomic E-state index is 0.120. The second kappa shape index (κ2) is 8.01. The number of carbonyl (C=O) groups excluding carboxylic acids is 4. The average molecular weight is 338 g/mol. The molecule has 0 saturated heterocycles. The first-order valence-corrected chi connectivity index (χ1v) is 7.73. The summed E-state index contributed by atoms with van der Waals surface area (Å²) >= 11 is 0. The standard InChI is InChI=1S/C19H18N2O4/c1-12(2)18(24)20-14-7-5-6-13(10-14)19(25)21-16-9-4-3-8-15(16)17(23)11-22/h3-12H,1-2H3,(H,20,24)(H,21,25). The maximum Gasteiger partial charge on any atom is 0.255 e. The van der Waals surface area contributed by atoms with Crippen LogP contribution in [0, 0.1) is 5.92 Å².